The van der Waals surface area contributed by atoms with Crippen LogP contribution in [0, 0.1) is 5.92 Å². The van der Waals surface area contributed by atoms with E-state index in [0.29, 0.717) is 6.61 Å². The van der Waals surface area contributed by atoms with E-state index in [-0.39, 0.29) is 0 Å². The number of thioether (sulfide) groups is 1. The van der Waals surface area contributed by atoms with Crippen molar-refractivity contribution in [2.24, 2.45) is 5.92 Å². The summed E-state index contributed by atoms with van der Waals surface area (Å²) >= 11 is 1.87. The molecular weight excluding hydrogens is 158 g/mol. The number of nitrogens with one attached hydrogen (secondary N) is 1. The predicted molar refractivity (Wildman–Crippen MR) is 50.0 cm³/mol. The molecular formula is C8H17NOS. The zero-order chi connectivity index (χ0) is 7.94. The first kappa shape index (κ1) is 9.36. The van der Waals surface area contributed by atoms with Crippen molar-refractivity contribution < 1.29 is 5.11 Å². The van der Waals surface area contributed by atoms with Crippen molar-refractivity contribution in [3.8, 4) is 0 Å². The van der Waals surface area contributed by atoms with Crippen LogP contribution in [0.5, 0.6) is 0 Å². The van der Waals surface area contributed by atoms with Gasteiger partial charge in [-0.25, -0.2) is 0 Å². The van der Waals surface area contributed by atoms with Crippen LogP contribution in [-0.4, -0.2) is 36.3 Å². The van der Waals surface area contributed by atoms with Crippen molar-refractivity contribution in [3.05, 3.63) is 0 Å². The summed E-state index contributed by atoms with van der Waals surface area (Å²) in [5, 5.41) is 11.9. The molecule has 2 nitrogen and oxygen atoms in total. The zero-order valence-corrected chi connectivity index (χ0v) is 7.70. The van der Waals surface area contributed by atoms with Gasteiger partial charge in [-0.05, 0) is 37.6 Å². The van der Waals surface area contributed by atoms with Gasteiger partial charge in [-0.15, -0.1) is 0 Å². The molecule has 0 bridgehead atoms. The van der Waals surface area contributed by atoms with Crippen LogP contribution >= 0.6 is 11.8 Å². The van der Waals surface area contributed by atoms with Gasteiger partial charge in [0.05, 0.1) is 6.61 Å². The quantitative estimate of drug-likeness (QED) is 0.617. The lowest BCUT2D eigenvalue weighted by atomic mass is 10.0. The van der Waals surface area contributed by atoms with Gasteiger partial charge in [-0.1, -0.05) is 0 Å². The Kier molecular flexibility index (Phi) is 4.99. The summed E-state index contributed by atoms with van der Waals surface area (Å²) in [7, 11) is 0. The average molecular weight is 175 g/mol. The molecule has 1 unspecified atom stereocenters. The molecule has 1 rings (SSSR count). The van der Waals surface area contributed by atoms with E-state index < -0.39 is 0 Å². The van der Waals surface area contributed by atoms with Crippen molar-refractivity contribution in [2.45, 2.75) is 12.8 Å². The summed E-state index contributed by atoms with van der Waals surface area (Å²) in [6, 6.07) is 0. The van der Waals surface area contributed by atoms with Crippen LogP contribution in [0.25, 0.3) is 0 Å². The summed E-state index contributed by atoms with van der Waals surface area (Å²) in [5.74, 6) is 2.96. The van der Waals surface area contributed by atoms with Crippen LogP contribution in [0.15, 0.2) is 0 Å². The Morgan fingerprint density at radius 3 is 3.09 bits per heavy atom. The van der Waals surface area contributed by atoms with Gasteiger partial charge in [0, 0.05) is 5.75 Å². The molecule has 2 N–H and O–H groups in total. The predicted octanol–water partition coefficient (Wildman–Crippen LogP) is 0.711. The zero-order valence-electron chi connectivity index (χ0n) is 6.88. The minimum Gasteiger partial charge on any atom is -0.396 e. The second-order valence-corrected chi connectivity index (χ2v) is 4.16. The number of hydrogen-bond acceptors (Lipinski definition) is 3. The minimum absolute atomic E-state index is 0.324. The van der Waals surface area contributed by atoms with Crippen molar-refractivity contribution in [3.63, 3.8) is 0 Å². The molecule has 0 radical (unpaired) electrons. The van der Waals surface area contributed by atoms with Crippen LogP contribution in [0.3, 0.4) is 0 Å². The Balaban J connectivity index is 1.96. The largest absolute Gasteiger partial charge is 0.396 e. The normalized spacial score (nSPS) is 25.4. The Hall–Kier alpha value is 0.270. The first-order valence-electron chi connectivity index (χ1n) is 4.33. The molecule has 3 heteroatoms. The maximum atomic E-state index is 8.56. The molecule has 1 atom stereocenters. The van der Waals surface area contributed by atoms with Gasteiger partial charge in [-0.3, -0.25) is 0 Å². The summed E-state index contributed by atoms with van der Waals surface area (Å²) in [5.41, 5.74) is 0. The first-order chi connectivity index (χ1) is 5.43. The Morgan fingerprint density at radius 2 is 2.45 bits per heavy atom. The van der Waals surface area contributed by atoms with E-state index >= 15 is 0 Å². The second kappa shape index (κ2) is 5.86. The number of aliphatic hydroxyl groups excluding tert-OH is 1. The van der Waals surface area contributed by atoms with Gasteiger partial charge in [0.2, 0.25) is 0 Å². The Bertz CT molecular complexity index is 94.1. The molecule has 1 aliphatic rings. The number of hydrogen-bond donors (Lipinski definition) is 2. The highest BCUT2D eigenvalue weighted by Crippen LogP contribution is 2.15. The lowest BCUT2D eigenvalue weighted by Crippen LogP contribution is -2.31. The fourth-order valence-electron chi connectivity index (χ4n) is 1.38. The van der Waals surface area contributed by atoms with Crippen molar-refractivity contribution in [1.29, 1.82) is 0 Å². The topological polar surface area (TPSA) is 32.3 Å². The van der Waals surface area contributed by atoms with Crippen molar-refractivity contribution >= 4 is 11.8 Å². The summed E-state index contributed by atoms with van der Waals surface area (Å²) in [6.07, 6.45) is 2.69. The highest BCUT2D eigenvalue weighted by atomic mass is 32.2. The van der Waals surface area contributed by atoms with E-state index in [1.807, 2.05) is 11.8 Å². The van der Waals surface area contributed by atoms with Gasteiger partial charge < -0.3 is 10.4 Å². The maximum Gasteiger partial charge on any atom is 0.0521 e. The van der Waals surface area contributed by atoms with Crippen molar-refractivity contribution in [2.75, 3.05) is 31.2 Å². The molecule has 0 aromatic carbocycles. The average Bonchev–Trinajstić information content (AvgIpc) is 2.07. The van der Waals surface area contributed by atoms with Gasteiger partial charge in [0.15, 0.2) is 0 Å². The van der Waals surface area contributed by atoms with E-state index in [1.165, 1.54) is 31.7 Å². The molecule has 11 heavy (non-hydrogen) atoms. The van der Waals surface area contributed by atoms with Crippen molar-refractivity contribution in [1.82, 2.24) is 5.32 Å². The maximum absolute atomic E-state index is 8.56. The van der Waals surface area contributed by atoms with Gasteiger partial charge in [0.1, 0.15) is 0 Å². The Labute approximate surface area is 72.8 Å². The fourth-order valence-corrected chi connectivity index (χ4v) is 2.29. The highest BCUT2D eigenvalue weighted by Gasteiger charge is 2.11. The first-order valence-corrected chi connectivity index (χ1v) is 5.48. The monoisotopic (exact) mass is 175 g/mol. The second-order valence-electron chi connectivity index (χ2n) is 3.01. The van der Waals surface area contributed by atoms with Crippen LogP contribution in [0.2, 0.25) is 0 Å². The lowest BCUT2D eigenvalue weighted by molar-refractivity contribution is 0.322. The number of piperidine rings is 1. The summed E-state index contributed by atoms with van der Waals surface area (Å²) < 4.78 is 0. The van der Waals surface area contributed by atoms with Gasteiger partial charge >= 0.3 is 0 Å². The van der Waals surface area contributed by atoms with E-state index in [0.717, 1.165) is 11.7 Å². The van der Waals surface area contributed by atoms with E-state index in [9.17, 15) is 0 Å². The van der Waals surface area contributed by atoms with Crippen LogP contribution < -0.4 is 5.32 Å². The standard InChI is InChI=1S/C8H17NOS/c10-4-5-11-7-8-2-1-3-9-6-8/h8-10H,1-7H2. The van der Waals surface area contributed by atoms with E-state index in [2.05, 4.69) is 5.32 Å². The third kappa shape index (κ3) is 3.99. The minimum atomic E-state index is 0.324. The fraction of sp³-hybridized carbons (Fsp3) is 1.00. The molecule has 0 aromatic rings. The molecule has 1 heterocycles. The lowest BCUT2D eigenvalue weighted by Gasteiger charge is -2.21. The van der Waals surface area contributed by atoms with Gasteiger partial charge in [0.25, 0.3) is 0 Å². The number of rotatable bonds is 4. The molecule has 1 fully saturated rings. The van der Waals surface area contributed by atoms with Crippen LogP contribution in [0.1, 0.15) is 12.8 Å². The van der Waals surface area contributed by atoms with Crippen LogP contribution in [-0.2, 0) is 0 Å². The van der Waals surface area contributed by atoms with Gasteiger partial charge in [-0.2, -0.15) is 11.8 Å². The third-order valence-electron chi connectivity index (χ3n) is 1.99. The molecule has 0 saturated carbocycles. The van der Waals surface area contributed by atoms with E-state index in [1.54, 1.807) is 0 Å². The van der Waals surface area contributed by atoms with Crippen LogP contribution in [0.4, 0.5) is 0 Å². The molecule has 0 amide bonds. The number of aliphatic hydroxyl groups is 1. The van der Waals surface area contributed by atoms with E-state index in [4.69, 9.17) is 5.11 Å². The summed E-state index contributed by atoms with van der Waals surface area (Å²) in [6.45, 7) is 2.70. The molecule has 1 aliphatic heterocycles. The molecule has 0 aromatic heterocycles. The molecule has 0 spiro atoms. The highest BCUT2D eigenvalue weighted by molar-refractivity contribution is 7.99. The smallest absolute Gasteiger partial charge is 0.0521 e. The molecule has 1 saturated heterocycles. The molecule has 0 aliphatic carbocycles. The summed E-state index contributed by atoms with van der Waals surface area (Å²) in [4.78, 5) is 0. The SMILES string of the molecule is OCCSCC1CCCNC1. The molecule has 66 valence electrons. The third-order valence-corrected chi connectivity index (χ3v) is 3.17. The Morgan fingerprint density at radius 1 is 1.55 bits per heavy atom.